The molecule has 3 nitrogen and oxygen atoms in total. The minimum Gasteiger partial charge on any atom is -0.388 e. The van der Waals surface area contributed by atoms with Crippen LogP contribution in [0.25, 0.3) is 0 Å². The molecule has 86 valence electrons. The minimum absolute atomic E-state index is 0.345. The number of nitrogens with two attached hydrogens (primary N) is 1. The minimum atomic E-state index is 0.345. The van der Waals surface area contributed by atoms with Crippen molar-refractivity contribution in [2.75, 3.05) is 11.9 Å². The van der Waals surface area contributed by atoms with Crippen molar-refractivity contribution in [2.45, 2.75) is 19.8 Å². The summed E-state index contributed by atoms with van der Waals surface area (Å²) in [6.45, 7) is 3.31. The summed E-state index contributed by atoms with van der Waals surface area (Å²) >= 11 is 4.85. The van der Waals surface area contributed by atoms with Gasteiger partial charge in [0.15, 0.2) is 0 Å². The highest BCUT2D eigenvalue weighted by Gasteiger charge is 2.27. The summed E-state index contributed by atoms with van der Waals surface area (Å²) in [4.78, 5) is 4.53. The summed E-state index contributed by atoms with van der Waals surface area (Å²) < 4.78 is 0. The predicted octanol–water partition coefficient (Wildman–Crippen LogP) is 2.17. The van der Waals surface area contributed by atoms with Crippen LogP contribution >= 0.6 is 12.2 Å². The number of rotatable bonds is 5. The van der Waals surface area contributed by atoms with Crippen molar-refractivity contribution in [1.82, 2.24) is 4.98 Å². The number of pyridine rings is 1. The van der Waals surface area contributed by atoms with Gasteiger partial charge in [0.05, 0.1) is 17.6 Å². The number of hydrogen-bond acceptors (Lipinski definition) is 3. The number of nitrogens with one attached hydrogen (secondary N) is 1. The summed E-state index contributed by atoms with van der Waals surface area (Å²) in [6, 6.07) is 3.83. The van der Waals surface area contributed by atoms with Gasteiger partial charge in [0.25, 0.3) is 0 Å². The molecule has 0 aliphatic heterocycles. The van der Waals surface area contributed by atoms with Gasteiger partial charge in [-0.2, -0.15) is 0 Å². The van der Waals surface area contributed by atoms with Crippen LogP contribution in [0.4, 0.5) is 5.69 Å². The highest BCUT2D eigenvalue weighted by molar-refractivity contribution is 7.80. The summed E-state index contributed by atoms with van der Waals surface area (Å²) in [7, 11) is 0. The van der Waals surface area contributed by atoms with E-state index >= 15 is 0 Å². The van der Waals surface area contributed by atoms with Gasteiger partial charge < -0.3 is 11.1 Å². The normalized spacial score (nSPS) is 16.8. The maximum Gasteiger partial charge on any atom is 0.122 e. The van der Waals surface area contributed by atoms with Crippen molar-refractivity contribution in [3.05, 3.63) is 24.0 Å². The second kappa shape index (κ2) is 4.78. The highest BCUT2D eigenvalue weighted by atomic mass is 32.1. The number of nitrogens with zero attached hydrogens (tertiary/aromatic N) is 1. The molecule has 16 heavy (non-hydrogen) atoms. The first kappa shape index (κ1) is 11.3. The summed E-state index contributed by atoms with van der Waals surface area (Å²) in [6.07, 6.45) is 4.57. The van der Waals surface area contributed by atoms with Crippen LogP contribution in [0, 0.1) is 11.8 Å². The molecule has 1 heterocycles. The zero-order chi connectivity index (χ0) is 11.5. The third-order valence-corrected chi connectivity index (χ3v) is 3.28. The lowest BCUT2D eigenvalue weighted by Crippen LogP contribution is -2.14. The summed E-state index contributed by atoms with van der Waals surface area (Å²) in [5.41, 5.74) is 7.19. The molecule has 1 fully saturated rings. The zero-order valence-electron chi connectivity index (χ0n) is 9.44. The lowest BCUT2D eigenvalue weighted by molar-refractivity contribution is 0.536. The molecule has 0 saturated heterocycles. The molecule has 0 radical (unpaired) electrons. The van der Waals surface area contributed by atoms with Crippen LogP contribution in [0.15, 0.2) is 18.3 Å². The molecule has 0 aromatic carbocycles. The molecule has 0 amide bonds. The molecule has 1 atom stereocenters. The Morgan fingerprint density at radius 3 is 2.88 bits per heavy atom. The lowest BCUT2D eigenvalue weighted by atomic mass is 10.1. The van der Waals surface area contributed by atoms with Crippen molar-refractivity contribution in [2.24, 2.45) is 17.6 Å². The number of anilines is 1. The molecule has 0 bridgehead atoms. The van der Waals surface area contributed by atoms with Crippen LogP contribution in [-0.4, -0.2) is 16.5 Å². The van der Waals surface area contributed by atoms with Crippen LogP contribution in [0.5, 0.6) is 0 Å². The maximum absolute atomic E-state index is 5.48. The van der Waals surface area contributed by atoms with Crippen molar-refractivity contribution in [3.63, 3.8) is 0 Å². The van der Waals surface area contributed by atoms with E-state index in [1.807, 2.05) is 12.1 Å². The SMILES string of the molecule is CC(CNc1ccc(C(N)=S)nc1)C1CC1. The van der Waals surface area contributed by atoms with Gasteiger partial charge in [-0.1, -0.05) is 19.1 Å². The van der Waals surface area contributed by atoms with E-state index in [1.54, 1.807) is 6.20 Å². The van der Waals surface area contributed by atoms with Crippen molar-refractivity contribution in [3.8, 4) is 0 Å². The third-order valence-electron chi connectivity index (χ3n) is 3.07. The van der Waals surface area contributed by atoms with Gasteiger partial charge in [-0.05, 0) is 36.8 Å². The van der Waals surface area contributed by atoms with Crippen LogP contribution in [0.3, 0.4) is 0 Å². The largest absolute Gasteiger partial charge is 0.388 e. The fourth-order valence-electron chi connectivity index (χ4n) is 1.75. The third kappa shape index (κ3) is 2.92. The summed E-state index contributed by atoms with van der Waals surface area (Å²) in [5, 5.41) is 3.39. The van der Waals surface area contributed by atoms with Gasteiger partial charge in [-0.15, -0.1) is 0 Å². The average molecular weight is 235 g/mol. The second-order valence-corrected chi connectivity index (χ2v) is 4.93. The number of hydrogen-bond donors (Lipinski definition) is 2. The van der Waals surface area contributed by atoms with Crippen LogP contribution in [-0.2, 0) is 0 Å². The van der Waals surface area contributed by atoms with E-state index in [1.165, 1.54) is 12.8 Å². The maximum atomic E-state index is 5.48. The van der Waals surface area contributed by atoms with Crippen molar-refractivity contribution < 1.29 is 0 Å². The first-order chi connectivity index (χ1) is 7.66. The fraction of sp³-hybridized carbons (Fsp3) is 0.500. The highest BCUT2D eigenvalue weighted by Crippen LogP contribution is 2.36. The fourth-order valence-corrected chi connectivity index (χ4v) is 1.88. The van der Waals surface area contributed by atoms with E-state index in [0.717, 1.165) is 24.1 Å². The van der Waals surface area contributed by atoms with Crippen molar-refractivity contribution in [1.29, 1.82) is 0 Å². The Morgan fingerprint density at radius 2 is 2.38 bits per heavy atom. The van der Waals surface area contributed by atoms with E-state index in [2.05, 4.69) is 17.2 Å². The second-order valence-electron chi connectivity index (χ2n) is 4.49. The molecule has 0 spiro atoms. The first-order valence-electron chi connectivity index (χ1n) is 5.66. The van der Waals surface area contributed by atoms with E-state index in [9.17, 15) is 0 Å². The lowest BCUT2D eigenvalue weighted by Gasteiger charge is -2.12. The molecular weight excluding hydrogens is 218 g/mol. The molecule has 1 aromatic rings. The van der Waals surface area contributed by atoms with Crippen LogP contribution in [0.1, 0.15) is 25.5 Å². The van der Waals surface area contributed by atoms with E-state index in [-0.39, 0.29) is 0 Å². The Balaban J connectivity index is 1.86. The molecule has 1 aromatic heterocycles. The molecule has 4 heteroatoms. The van der Waals surface area contributed by atoms with Gasteiger partial charge in [-0.25, -0.2) is 0 Å². The Kier molecular flexibility index (Phi) is 3.39. The summed E-state index contributed by atoms with van der Waals surface area (Å²) in [5.74, 6) is 1.67. The molecule has 1 saturated carbocycles. The standard InChI is InChI=1S/C12H17N3S/c1-8(9-2-3-9)6-14-10-4-5-11(12(13)16)15-7-10/h4-5,7-9,14H,2-3,6H2,1H3,(H2,13,16). The van der Waals surface area contributed by atoms with Crippen molar-refractivity contribution >= 4 is 22.9 Å². The van der Waals surface area contributed by atoms with Gasteiger partial charge in [0.2, 0.25) is 0 Å². The smallest absolute Gasteiger partial charge is 0.122 e. The Hall–Kier alpha value is -1.16. The molecule has 1 aliphatic carbocycles. The molecule has 1 unspecified atom stereocenters. The zero-order valence-corrected chi connectivity index (χ0v) is 10.3. The monoisotopic (exact) mass is 235 g/mol. The Bertz CT molecular complexity index is 370. The molecular formula is C12H17N3S. The quantitative estimate of drug-likeness (QED) is 0.768. The van der Waals surface area contributed by atoms with Gasteiger partial charge in [-0.3, -0.25) is 4.98 Å². The van der Waals surface area contributed by atoms with Gasteiger partial charge in [0, 0.05) is 6.54 Å². The van der Waals surface area contributed by atoms with Crippen LogP contribution in [0.2, 0.25) is 0 Å². The van der Waals surface area contributed by atoms with Crippen LogP contribution < -0.4 is 11.1 Å². The number of aromatic nitrogens is 1. The predicted molar refractivity (Wildman–Crippen MR) is 70.5 cm³/mol. The topological polar surface area (TPSA) is 50.9 Å². The first-order valence-corrected chi connectivity index (χ1v) is 6.07. The molecule has 1 aliphatic rings. The molecule has 2 rings (SSSR count). The molecule has 3 N–H and O–H groups in total. The van der Waals surface area contributed by atoms with E-state index in [0.29, 0.717) is 10.7 Å². The van der Waals surface area contributed by atoms with Gasteiger partial charge in [0.1, 0.15) is 4.99 Å². The number of thiocarbonyl (C=S) groups is 1. The van der Waals surface area contributed by atoms with E-state index < -0.39 is 0 Å². The average Bonchev–Trinajstić information content (AvgIpc) is 3.10. The van der Waals surface area contributed by atoms with Gasteiger partial charge >= 0.3 is 0 Å². The Labute approximate surface area is 101 Å². The Morgan fingerprint density at radius 1 is 1.62 bits per heavy atom. The van der Waals surface area contributed by atoms with E-state index in [4.69, 9.17) is 18.0 Å².